The first kappa shape index (κ1) is 14.3. The second-order valence-electron chi connectivity index (χ2n) is 5.86. The van der Waals surface area contributed by atoms with E-state index in [1.165, 1.54) is 11.8 Å². The summed E-state index contributed by atoms with van der Waals surface area (Å²) in [6, 6.07) is 7.91. The molecule has 5 heteroatoms. The summed E-state index contributed by atoms with van der Waals surface area (Å²) in [5.74, 6) is -0.327. The molecule has 2 aliphatic carbocycles. The second kappa shape index (κ2) is 5.61. The van der Waals surface area contributed by atoms with Crippen molar-refractivity contribution < 1.29 is 9.90 Å². The molecule has 2 fully saturated rings. The molecular formula is C16H18N2O2S. The van der Waals surface area contributed by atoms with Gasteiger partial charge in [-0.25, -0.2) is 0 Å². The van der Waals surface area contributed by atoms with Crippen molar-refractivity contribution in [3.8, 4) is 6.07 Å². The number of anilines is 1. The molecule has 0 amide bonds. The number of carboxylic acid groups (broad SMARTS) is 1. The zero-order chi connectivity index (χ0) is 15.0. The summed E-state index contributed by atoms with van der Waals surface area (Å²) in [7, 11) is 0. The van der Waals surface area contributed by atoms with Crippen molar-refractivity contribution in [2.75, 3.05) is 11.6 Å². The molecular weight excluding hydrogens is 284 g/mol. The molecule has 4 nitrogen and oxygen atoms in total. The Morgan fingerprint density at radius 1 is 1.43 bits per heavy atom. The molecule has 0 saturated heterocycles. The van der Waals surface area contributed by atoms with E-state index in [-0.39, 0.29) is 12.0 Å². The lowest BCUT2D eigenvalue weighted by molar-refractivity contribution is -0.143. The molecule has 0 radical (unpaired) electrons. The van der Waals surface area contributed by atoms with Gasteiger partial charge in [-0.15, -0.1) is 11.8 Å². The van der Waals surface area contributed by atoms with Gasteiger partial charge in [0.2, 0.25) is 0 Å². The molecule has 2 bridgehead atoms. The first-order valence-corrected chi connectivity index (χ1v) is 8.44. The van der Waals surface area contributed by atoms with Gasteiger partial charge in [-0.1, -0.05) is 6.07 Å². The fraction of sp³-hybridized carbons (Fsp3) is 0.500. The number of nitrogens with one attached hydrogen (secondary N) is 1. The summed E-state index contributed by atoms with van der Waals surface area (Å²) < 4.78 is 0. The molecule has 110 valence electrons. The van der Waals surface area contributed by atoms with Crippen molar-refractivity contribution in [3.05, 3.63) is 23.8 Å². The van der Waals surface area contributed by atoms with Crippen LogP contribution in [0.4, 0.5) is 5.69 Å². The molecule has 1 aromatic carbocycles. The van der Waals surface area contributed by atoms with Crippen molar-refractivity contribution in [1.29, 1.82) is 5.26 Å². The Morgan fingerprint density at radius 2 is 2.19 bits per heavy atom. The lowest BCUT2D eigenvalue weighted by atomic mass is 9.84. The third kappa shape index (κ3) is 2.38. The van der Waals surface area contributed by atoms with Crippen molar-refractivity contribution in [2.24, 2.45) is 17.8 Å². The minimum atomic E-state index is -0.709. The number of benzene rings is 1. The Bertz CT molecular complexity index is 611. The highest BCUT2D eigenvalue weighted by atomic mass is 32.2. The third-order valence-corrected chi connectivity index (χ3v) is 5.66. The Balaban J connectivity index is 1.90. The molecule has 2 aliphatic rings. The summed E-state index contributed by atoms with van der Waals surface area (Å²) >= 11 is 1.54. The highest BCUT2D eigenvalue weighted by Gasteiger charge is 2.51. The average molecular weight is 302 g/mol. The van der Waals surface area contributed by atoms with Crippen molar-refractivity contribution in [2.45, 2.75) is 30.2 Å². The van der Waals surface area contributed by atoms with Gasteiger partial charge < -0.3 is 10.4 Å². The summed E-state index contributed by atoms with van der Waals surface area (Å²) in [5, 5.41) is 22.3. The van der Waals surface area contributed by atoms with Gasteiger partial charge in [0.15, 0.2) is 0 Å². The van der Waals surface area contributed by atoms with Crippen molar-refractivity contribution in [1.82, 2.24) is 0 Å². The Kier molecular flexibility index (Phi) is 3.81. The number of carboxylic acids is 1. The Hall–Kier alpha value is -1.67. The summed E-state index contributed by atoms with van der Waals surface area (Å²) in [6.45, 7) is 0. The number of hydrogen-bond donors (Lipinski definition) is 2. The highest BCUT2D eigenvalue weighted by Crippen LogP contribution is 2.49. The van der Waals surface area contributed by atoms with Crippen LogP contribution in [0.25, 0.3) is 0 Å². The molecule has 2 saturated carbocycles. The van der Waals surface area contributed by atoms with Gasteiger partial charge in [0, 0.05) is 10.9 Å². The van der Waals surface area contributed by atoms with E-state index in [1.807, 2.05) is 24.5 Å². The molecule has 0 spiro atoms. The SMILES string of the molecule is CSc1cccc(NC2C3CCC(C3)C2C(=O)O)c1C#N. The molecule has 4 atom stereocenters. The number of fused-ring (bicyclic) bond motifs is 2. The van der Waals surface area contributed by atoms with E-state index >= 15 is 0 Å². The maximum atomic E-state index is 11.6. The van der Waals surface area contributed by atoms with Crippen LogP contribution in [0.3, 0.4) is 0 Å². The molecule has 21 heavy (non-hydrogen) atoms. The van der Waals surface area contributed by atoms with Gasteiger partial charge in [0.25, 0.3) is 0 Å². The normalized spacial score (nSPS) is 30.1. The predicted molar refractivity (Wildman–Crippen MR) is 82.3 cm³/mol. The predicted octanol–water partition coefficient (Wildman–Crippen LogP) is 3.19. The van der Waals surface area contributed by atoms with Crippen LogP contribution in [-0.2, 0) is 4.79 Å². The van der Waals surface area contributed by atoms with Crippen LogP contribution in [0.1, 0.15) is 24.8 Å². The zero-order valence-corrected chi connectivity index (χ0v) is 12.7. The molecule has 0 heterocycles. The summed E-state index contributed by atoms with van der Waals surface area (Å²) in [5.41, 5.74) is 1.39. The first-order valence-electron chi connectivity index (χ1n) is 7.22. The highest BCUT2D eigenvalue weighted by molar-refractivity contribution is 7.98. The quantitative estimate of drug-likeness (QED) is 0.836. The number of thioether (sulfide) groups is 1. The third-order valence-electron chi connectivity index (χ3n) is 4.88. The van der Waals surface area contributed by atoms with E-state index in [1.54, 1.807) is 0 Å². The number of nitriles is 1. The van der Waals surface area contributed by atoms with E-state index in [9.17, 15) is 15.2 Å². The number of aliphatic carboxylic acids is 1. The van der Waals surface area contributed by atoms with Gasteiger partial charge in [-0.3, -0.25) is 4.79 Å². The van der Waals surface area contributed by atoms with Crippen LogP contribution >= 0.6 is 11.8 Å². The van der Waals surface area contributed by atoms with E-state index < -0.39 is 5.97 Å². The summed E-state index contributed by atoms with van der Waals surface area (Å²) in [6.07, 6.45) is 5.06. The standard InChI is InChI=1S/C16H18N2O2S/c1-21-13-4-2-3-12(11(13)8-17)18-15-10-6-5-9(7-10)14(15)16(19)20/h2-4,9-10,14-15,18H,5-7H2,1H3,(H,19,20). The number of carbonyl (C=O) groups is 1. The lowest BCUT2D eigenvalue weighted by Crippen LogP contribution is -2.39. The zero-order valence-electron chi connectivity index (χ0n) is 11.9. The number of hydrogen-bond acceptors (Lipinski definition) is 4. The largest absolute Gasteiger partial charge is 0.481 e. The number of rotatable bonds is 4. The fourth-order valence-electron chi connectivity index (χ4n) is 3.97. The van der Waals surface area contributed by atoms with Crippen LogP contribution in [0.15, 0.2) is 23.1 Å². The molecule has 3 rings (SSSR count). The topological polar surface area (TPSA) is 73.1 Å². The number of nitrogens with zero attached hydrogens (tertiary/aromatic N) is 1. The molecule has 1 aromatic rings. The Labute approximate surface area is 128 Å². The lowest BCUT2D eigenvalue weighted by Gasteiger charge is -2.30. The van der Waals surface area contributed by atoms with E-state index in [0.717, 1.165) is 29.8 Å². The van der Waals surface area contributed by atoms with Gasteiger partial charge in [0.05, 0.1) is 17.2 Å². The molecule has 4 unspecified atom stereocenters. The maximum absolute atomic E-state index is 11.6. The van der Waals surface area contributed by atoms with Crippen LogP contribution in [0.2, 0.25) is 0 Å². The smallest absolute Gasteiger partial charge is 0.308 e. The average Bonchev–Trinajstić information content (AvgIpc) is 3.07. The second-order valence-corrected chi connectivity index (χ2v) is 6.71. The maximum Gasteiger partial charge on any atom is 0.308 e. The van der Waals surface area contributed by atoms with Crippen LogP contribution < -0.4 is 5.32 Å². The van der Waals surface area contributed by atoms with Gasteiger partial charge in [-0.05, 0) is 49.5 Å². The summed E-state index contributed by atoms with van der Waals surface area (Å²) in [4.78, 5) is 12.5. The minimum Gasteiger partial charge on any atom is -0.481 e. The van der Waals surface area contributed by atoms with Crippen LogP contribution in [0, 0.1) is 29.1 Å². The molecule has 0 aromatic heterocycles. The van der Waals surface area contributed by atoms with Gasteiger partial charge in [0.1, 0.15) is 6.07 Å². The molecule has 2 N–H and O–H groups in total. The van der Waals surface area contributed by atoms with E-state index in [0.29, 0.717) is 17.4 Å². The van der Waals surface area contributed by atoms with Crippen molar-refractivity contribution >= 4 is 23.4 Å². The van der Waals surface area contributed by atoms with Crippen LogP contribution in [0.5, 0.6) is 0 Å². The van der Waals surface area contributed by atoms with E-state index in [4.69, 9.17) is 0 Å². The minimum absolute atomic E-state index is 0.0505. The van der Waals surface area contributed by atoms with Crippen LogP contribution in [-0.4, -0.2) is 23.4 Å². The van der Waals surface area contributed by atoms with E-state index in [2.05, 4.69) is 11.4 Å². The first-order chi connectivity index (χ1) is 10.2. The fourth-order valence-corrected chi connectivity index (χ4v) is 4.55. The van der Waals surface area contributed by atoms with Gasteiger partial charge >= 0.3 is 5.97 Å². The van der Waals surface area contributed by atoms with Crippen molar-refractivity contribution in [3.63, 3.8) is 0 Å². The van der Waals surface area contributed by atoms with Gasteiger partial charge in [-0.2, -0.15) is 5.26 Å². The Morgan fingerprint density at radius 3 is 2.86 bits per heavy atom. The molecule has 0 aliphatic heterocycles. The monoisotopic (exact) mass is 302 g/mol.